The summed E-state index contributed by atoms with van der Waals surface area (Å²) >= 11 is 0. The van der Waals surface area contributed by atoms with Crippen LogP contribution in [0.4, 0.5) is 0 Å². The van der Waals surface area contributed by atoms with Gasteiger partial charge in [-0.25, -0.2) is 0 Å². The molecule has 2 atom stereocenters. The lowest BCUT2D eigenvalue weighted by Gasteiger charge is -2.34. The van der Waals surface area contributed by atoms with E-state index in [2.05, 4.69) is 23.2 Å². The molecule has 0 spiro atoms. The highest BCUT2D eigenvalue weighted by Gasteiger charge is 2.42. The first-order valence-corrected chi connectivity index (χ1v) is 8.65. The third-order valence-corrected chi connectivity index (χ3v) is 5.62. The molecule has 0 saturated carbocycles. The Morgan fingerprint density at radius 2 is 1.84 bits per heavy atom. The van der Waals surface area contributed by atoms with Crippen LogP contribution in [0.15, 0.2) is 36.5 Å². The summed E-state index contributed by atoms with van der Waals surface area (Å²) < 4.78 is 10.7. The van der Waals surface area contributed by atoms with Crippen LogP contribution in [0, 0.1) is 0 Å². The maximum Gasteiger partial charge on any atom is 0.161 e. The molecule has 0 N–H and O–H groups in total. The maximum atomic E-state index is 5.40. The lowest BCUT2D eigenvalue weighted by atomic mass is 9.75. The van der Waals surface area contributed by atoms with E-state index >= 15 is 0 Å². The van der Waals surface area contributed by atoms with Crippen LogP contribution in [0.25, 0.3) is 11.3 Å². The number of nitrogens with zero attached hydrogens (tertiary/aromatic N) is 2. The molecule has 2 fully saturated rings. The Balaban J connectivity index is 0.00000182. The maximum absolute atomic E-state index is 5.40. The molecule has 2 bridgehead atoms. The van der Waals surface area contributed by atoms with Crippen molar-refractivity contribution < 1.29 is 9.47 Å². The summed E-state index contributed by atoms with van der Waals surface area (Å²) in [7, 11) is 3.31. The molecule has 2 aromatic rings. The van der Waals surface area contributed by atoms with Crippen LogP contribution in [0.5, 0.6) is 11.5 Å². The van der Waals surface area contributed by atoms with Crippen molar-refractivity contribution in [2.45, 2.75) is 24.7 Å². The minimum Gasteiger partial charge on any atom is -0.493 e. The van der Waals surface area contributed by atoms with Crippen LogP contribution in [-0.2, 0) is 5.41 Å². The molecular weight excluding hydrogens is 380 g/mol. The molecule has 2 saturated heterocycles. The van der Waals surface area contributed by atoms with Crippen molar-refractivity contribution in [2.24, 2.45) is 0 Å². The summed E-state index contributed by atoms with van der Waals surface area (Å²) in [6, 6.07) is 10.4. The predicted octanol–water partition coefficient (Wildman–Crippen LogP) is 4.08. The SMILES string of the molecule is Br.COc1ccc(-c2ccc(C34CCCN(CC3)C4)cn2)cc1OC. The van der Waals surface area contributed by atoms with Gasteiger partial charge in [0.25, 0.3) is 0 Å². The smallest absolute Gasteiger partial charge is 0.161 e. The Kier molecular flexibility index (Phi) is 5.35. The zero-order valence-corrected chi connectivity index (χ0v) is 16.5. The van der Waals surface area contributed by atoms with Crippen LogP contribution in [0.1, 0.15) is 24.8 Å². The monoisotopic (exact) mass is 404 g/mol. The van der Waals surface area contributed by atoms with Crippen LogP contribution in [0.2, 0.25) is 0 Å². The van der Waals surface area contributed by atoms with Gasteiger partial charge in [0.1, 0.15) is 0 Å². The molecule has 2 aliphatic rings. The average molecular weight is 405 g/mol. The highest BCUT2D eigenvalue weighted by molar-refractivity contribution is 8.93. The third-order valence-electron chi connectivity index (χ3n) is 5.62. The molecular formula is C20H25BrN2O2. The average Bonchev–Trinajstić information content (AvgIpc) is 2.96. The summed E-state index contributed by atoms with van der Waals surface area (Å²) in [5, 5.41) is 0. The van der Waals surface area contributed by atoms with Crippen molar-refractivity contribution >= 4 is 17.0 Å². The molecule has 1 aromatic heterocycles. The molecule has 134 valence electrons. The van der Waals surface area contributed by atoms with Crippen molar-refractivity contribution in [1.82, 2.24) is 9.88 Å². The van der Waals surface area contributed by atoms with Gasteiger partial charge in [0.05, 0.1) is 19.9 Å². The van der Waals surface area contributed by atoms with Crippen LogP contribution >= 0.6 is 17.0 Å². The normalized spacial score (nSPS) is 24.5. The highest BCUT2D eigenvalue weighted by atomic mass is 79.9. The van der Waals surface area contributed by atoms with E-state index in [0.717, 1.165) is 22.8 Å². The summed E-state index contributed by atoms with van der Waals surface area (Å²) in [5.74, 6) is 1.48. The quantitative estimate of drug-likeness (QED) is 0.768. The third kappa shape index (κ3) is 3.27. The number of aromatic nitrogens is 1. The first kappa shape index (κ1) is 18.2. The van der Waals surface area contributed by atoms with E-state index in [9.17, 15) is 0 Å². The van der Waals surface area contributed by atoms with Crippen LogP contribution in [0.3, 0.4) is 0 Å². The second kappa shape index (κ2) is 7.34. The molecule has 2 aliphatic heterocycles. The fourth-order valence-electron chi connectivity index (χ4n) is 4.25. The first-order valence-electron chi connectivity index (χ1n) is 8.65. The molecule has 0 radical (unpaired) electrons. The van der Waals surface area contributed by atoms with Gasteiger partial charge in [0, 0.05) is 23.7 Å². The molecule has 0 amide bonds. The first-order chi connectivity index (χ1) is 11.7. The number of hydrogen-bond donors (Lipinski definition) is 0. The van der Waals surface area contributed by atoms with Gasteiger partial charge in [-0.3, -0.25) is 4.98 Å². The van der Waals surface area contributed by atoms with Gasteiger partial charge in [-0.15, -0.1) is 17.0 Å². The fourth-order valence-corrected chi connectivity index (χ4v) is 4.25. The Labute approximate surface area is 159 Å². The number of halogens is 1. The number of pyridine rings is 1. The number of methoxy groups -OCH3 is 2. The van der Waals surface area contributed by atoms with Gasteiger partial charge in [0.15, 0.2) is 11.5 Å². The number of rotatable bonds is 4. The molecule has 2 unspecified atom stereocenters. The molecule has 0 aliphatic carbocycles. The second-order valence-electron chi connectivity index (χ2n) is 6.91. The topological polar surface area (TPSA) is 34.6 Å². The number of piperidine rings is 1. The van der Waals surface area contributed by atoms with Gasteiger partial charge in [-0.1, -0.05) is 6.07 Å². The van der Waals surface area contributed by atoms with E-state index in [1.165, 1.54) is 44.5 Å². The number of fused-ring (bicyclic) bond motifs is 2. The van der Waals surface area contributed by atoms with Gasteiger partial charge < -0.3 is 14.4 Å². The standard InChI is InChI=1S/C20H24N2O2.BrH/c1-23-18-7-4-15(12-19(18)24-2)17-6-5-16(13-21-17)20-8-3-10-22(14-20)11-9-20;/h4-7,12-13H,3,8-11,14H2,1-2H3;1H. The molecule has 3 heterocycles. The highest BCUT2D eigenvalue weighted by Crippen LogP contribution is 2.42. The summed E-state index contributed by atoms with van der Waals surface area (Å²) in [4.78, 5) is 7.34. The fraction of sp³-hybridized carbons (Fsp3) is 0.450. The zero-order valence-electron chi connectivity index (χ0n) is 14.8. The van der Waals surface area contributed by atoms with Crippen molar-refractivity contribution in [1.29, 1.82) is 0 Å². The molecule has 25 heavy (non-hydrogen) atoms. The lowest BCUT2D eigenvalue weighted by Crippen LogP contribution is -2.36. The molecule has 1 aromatic carbocycles. The van der Waals surface area contributed by atoms with E-state index in [1.807, 2.05) is 18.2 Å². The minimum absolute atomic E-state index is 0. The van der Waals surface area contributed by atoms with Crippen molar-refractivity contribution in [3.8, 4) is 22.8 Å². The Morgan fingerprint density at radius 3 is 2.56 bits per heavy atom. The minimum atomic E-state index is 0. The predicted molar refractivity (Wildman–Crippen MR) is 105 cm³/mol. The Hall–Kier alpha value is -1.59. The van der Waals surface area contributed by atoms with Gasteiger partial charge in [-0.05, 0) is 62.2 Å². The lowest BCUT2D eigenvalue weighted by molar-refractivity contribution is 0.243. The number of hydrogen-bond acceptors (Lipinski definition) is 4. The summed E-state index contributed by atoms with van der Waals surface area (Å²) in [6.07, 6.45) is 5.95. The number of benzene rings is 1. The van der Waals surface area contributed by atoms with Gasteiger partial charge >= 0.3 is 0 Å². The van der Waals surface area contributed by atoms with Crippen molar-refractivity contribution in [2.75, 3.05) is 33.9 Å². The summed E-state index contributed by atoms with van der Waals surface area (Å²) in [6.45, 7) is 3.70. The van der Waals surface area contributed by atoms with E-state index in [0.29, 0.717) is 5.41 Å². The zero-order chi connectivity index (χ0) is 16.6. The van der Waals surface area contributed by atoms with Crippen molar-refractivity contribution in [3.05, 3.63) is 42.1 Å². The van der Waals surface area contributed by atoms with E-state index in [-0.39, 0.29) is 17.0 Å². The molecule has 4 rings (SSSR count). The van der Waals surface area contributed by atoms with Gasteiger partial charge in [-0.2, -0.15) is 0 Å². The molecule has 5 heteroatoms. The van der Waals surface area contributed by atoms with Crippen LogP contribution in [-0.4, -0.2) is 43.7 Å². The van der Waals surface area contributed by atoms with E-state index in [1.54, 1.807) is 14.2 Å². The van der Waals surface area contributed by atoms with Gasteiger partial charge in [0.2, 0.25) is 0 Å². The van der Waals surface area contributed by atoms with Crippen molar-refractivity contribution in [3.63, 3.8) is 0 Å². The van der Waals surface area contributed by atoms with E-state index < -0.39 is 0 Å². The second-order valence-corrected chi connectivity index (χ2v) is 6.91. The Morgan fingerprint density at radius 1 is 1.00 bits per heavy atom. The van der Waals surface area contributed by atoms with Crippen LogP contribution < -0.4 is 9.47 Å². The Bertz CT molecular complexity index is 731. The number of ether oxygens (including phenoxy) is 2. The largest absolute Gasteiger partial charge is 0.493 e. The van der Waals surface area contributed by atoms with E-state index in [4.69, 9.17) is 14.5 Å². The molecule has 4 nitrogen and oxygen atoms in total. The summed E-state index contributed by atoms with van der Waals surface area (Å²) in [5.41, 5.74) is 3.76.